The summed E-state index contributed by atoms with van der Waals surface area (Å²) in [4.78, 5) is 4.33. The van der Waals surface area contributed by atoms with E-state index in [9.17, 15) is 0 Å². The third-order valence-electron chi connectivity index (χ3n) is 3.53. The lowest BCUT2D eigenvalue weighted by molar-refractivity contribution is 0.563. The second-order valence-electron chi connectivity index (χ2n) is 5.29. The Kier molecular flexibility index (Phi) is 9.43. The minimum Gasteiger partial charge on any atom is -0.450 e. The first-order valence-corrected chi connectivity index (χ1v) is 7.79. The summed E-state index contributed by atoms with van der Waals surface area (Å²) >= 11 is 0. The molecule has 1 heterocycles. The molecule has 1 rings (SSSR count). The lowest BCUT2D eigenvalue weighted by Gasteiger charge is -2.03. The van der Waals surface area contributed by atoms with E-state index in [1.54, 1.807) is 6.20 Å². The SMILES string of the molecule is CCCCCCCCCCCc1ccc([B]O)cn1. The van der Waals surface area contributed by atoms with Crippen LogP contribution in [-0.2, 0) is 6.42 Å². The zero-order valence-corrected chi connectivity index (χ0v) is 12.3. The van der Waals surface area contributed by atoms with Gasteiger partial charge in [0.1, 0.15) is 0 Å². The normalized spacial score (nSPS) is 10.6. The number of rotatable bonds is 11. The monoisotopic (exact) mass is 260 g/mol. The molecule has 0 saturated carbocycles. The molecule has 1 aromatic rings. The van der Waals surface area contributed by atoms with Crippen molar-refractivity contribution < 1.29 is 5.02 Å². The summed E-state index contributed by atoms with van der Waals surface area (Å²) in [5, 5.41) is 8.81. The Morgan fingerprint density at radius 1 is 0.947 bits per heavy atom. The van der Waals surface area contributed by atoms with E-state index in [0.717, 1.165) is 25.1 Å². The van der Waals surface area contributed by atoms with Crippen LogP contribution < -0.4 is 5.46 Å². The van der Waals surface area contributed by atoms with Gasteiger partial charge in [0, 0.05) is 11.9 Å². The Bertz CT molecular complexity index is 313. The van der Waals surface area contributed by atoms with Gasteiger partial charge in [-0.1, -0.05) is 64.4 Å². The molecular formula is C16H27BNO. The van der Waals surface area contributed by atoms with Crippen LogP contribution in [0.1, 0.15) is 70.4 Å². The number of nitrogens with zero attached hydrogens (tertiary/aromatic N) is 1. The van der Waals surface area contributed by atoms with E-state index in [1.165, 1.54) is 57.8 Å². The summed E-state index contributed by atoms with van der Waals surface area (Å²) < 4.78 is 0. The fourth-order valence-electron chi connectivity index (χ4n) is 2.28. The lowest BCUT2D eigenvalue weighted by Crippen LogP contribution is -2.14. The first-order valence-electron chi connectivity index (χ1n) is 7.79. The van der Waals surface area contributed by atoms with Crippen molar-refractivity contribution in [1.29, 1.82) is 0 Å². The Morgan fingerprint density at radius 2 is 1.58 bits per heavy atom. The molecule has 0 bridgehead atoms. The maximum Gasteiger partial charge on any atom is 0.328 e. The van der Waals surface area contributed by atoms with E-state index in [-0.39, 0.29) is 0 Å². The molecule has 0 atom stereocenters. The molecule has 0 amide bonds. The Labute approximate surface area is 118 Å². The van der Waals surface area contributed by atoms with Crippen LogP contribution in [0.25, 0.3) is 0 Å². The summed E-state index contributed by atoms with van der Waals surface area (Å²) in [6.07, 6.45) is 15.0. The van der Waals surface area contributed by atoms with Gasteiger partial charge in [-0.05, 0) is 24.4 Å². The second-order valence-corrected chi connectivity index (χ2v) is 5.29. The molecule has 0 fully saturated rings. The maximum atomic E-state index is 8.81. The average Bonchev–Trinajstić information content (AvgIpc) is 2.46. The largest absolute Gasteiger partial charge is 0.450 e. The number of pyridine rings is 1. The fourth-order valence-corrected chi connectivity index (χ4v) is 2.28. The molecule has 1 N–H and O–H groups in total. The van der Waals surface area contributed by atoms with Crippen molar-refractivity contribution in [2.24, 2.45) is 0 Å². The third kappa shape index (κ3) is 8.04. The van der Waals surface area contributed by atoms with Gasteiger partial charge in [-0.3, -0.25) is 4.98 Å². The maximum absolute atomic E-state index is 8.81. The number of aromatic nitrogens is 1. The zero-order valence-electron chi connectivity index (χ0n) is 12.3. The van der Waals surface area contributed by atoms with Gasteiger partial charge in [-0.25, -0.2) is 0 Å². The van der Waals surface area contributed by atoms with E-state index in [2.05, 4.69) is 11.9 Å². The van der Waals surface area contributed by atoms with Crippen molar-refractivity contribution in [2.75, 3.05) is 0 Å². The summed E-state index contributed by atoms with van der Waals surface area (Å²) in [5.74, 6) is 0. The van der Waals surface area contributed by atoms with Gasteiger partial charge in [0.25, 0.3) is 0 Å². The average molecular weight is 260 g/mol. The molecular weight excluding hydrogens is 233 g/mol. The number of hydrogen-bond acceptors (Lipinski definition) is 2. The molecule has 19 heavy (non-hydrogen) atoms. The first-order chi connectivity index (χ1) is 9.36. The molecule has 0 unspecified atom stereocenters. The van der Waals surface area contributed by atoms with Crippen molar-refractivity contribution in [3.05, 3.63) is 24.0 Å². The van der Waals surface area contributed by atoms with Gasteiger partial charge in [0.05, 0.1) is 0 Å². The number of unbranched alkanes of at least 4 members (excludes halogenated alkanes) is 8. The van der Waals surface area contributed by atoms with Gasteiger partial charge >= 0.3 is 7.48 Å². The van der Waals surface area contributed by atoms with E-state index in [1.807, 2.05) is 12.1 Å². The quantitative estimate of drug-likeness (QED) is 0.488. The molecule has 0 aliphatic carbocycles. The highest BCUT2D eigenvalue weighted by Gasteiger charge is 1.97. The van der Waals surface area contributed by atoms with Crippen LogP contribution in [0, 0.1) is 0 Å². The van der Waals surface area contributed by atoms with Crippen molar-refractivity contribution in [1.82, 2.24) is 4.98 Å². The predicted molar refractivity (Wildman–Crippen MR) is 82.8 cm³/mol. The topological polar surface area (TPSA) is 33.1 Å². The summed E-state index contributed by atoms with van der Waals surface area (Å²) in [6, 6.07) is 3.92. The second kappa shape index (κ2) is 11.0. The summed E-state index contributed by atoms with van der Waals surface area (Å²) in [5.41, 5.74) is 1.91. The van der Waals surface area contributed by atoms with Crippen molar-refractivity contribution in [3.63, 3.8) is 0 Å². The molecule has 0 aliphatic rings. The third-order valence-corrected chi connectivity index (χ3v) is 3.53. The van der Waals surface area contributed by atoms with Crippen LogP contribution in [0.4, 0.5) is 0 Å². The lowest BCUT2D eigenvalue weighted by atomic mass is 9.90. The van der Waals surface area contributed by atoms with Crippen LogP contribution in [0.5, 0.6) is 0 Å². The van der Waals surface area contributed by atoms with E-state index < -0.39 is 0 Å². The molecule has 2 nitrogen and oxygen atoms in total. The van der Waals surface area contributed by atoms with Gasteiger partial charge in [0.2, 0.25) is 0 Å². The van der Waals surface area contributed by atoms with E-state index in [0.29, 0.717) is 0 Å². The molecule has 0 saturated heterocycles. The van der Waals surface area contributed by atoms with E-state index in [4.69, 9.17) is 5.02 Å². The predicted octanol–water partition coefficient (Wildman–Crippen LogP) is 3.39. The standard InChI is InChI=1S/C16H27BNO/c1-2-3-4-5-6-7-8-9-10-11-16-13-12-15(17-19)14-18-16/h12-14,19H,2-11H2,1H3. The molecule has 105 valence electrons. The minimum absolute atomic E-state index is 0.774. The van der Waals surface area contributed by atoms with Gasteiger partial charge < -0.3 is 5.02 Å². The van der Waals surface area contributed by atoms with Crippen LogP contribution in [-0.4, -0.2) is 17.5 Å². The van der Waals surface area contributed by atoms with Crippen LogP contribution in [0.3, 0.4) is 0 Å². The van der Waals surface area contributed by atoms with Crippen molar-refractivity contribution in [2.45, 2.75) is 71.1 Å². The highest BCUT2D eigenvalue weighted by Crippen LogP contribution is 2.10. The Hall–Kier alpha value is -0.825. The van der Waals surface area contributed by atoms with Gasteiger partial charge in [-0.2, -0.15) is 0 Å². The highest BCUT2D eigenvalue weighted by molar-refractivity contribution is 6.45. The minimum atomic E-state index is 0.774. The van der Waals surface area contributed by atoms with Gasteiger partial charge in [0.15, 0.2) is 0 Å². The van der Waals surface area contributed by atoms with Crippen molar-refractivity contribution >= 4 is 12.9 Å². The number of aryl methyl sites for hydroxylation is 1. The van der Waals surface area contributed by atoms with Crippen molar-refractivity contribution in [3.8, 4) is 0 Å². The molecule has 0 aliphatic heterocycles. The molecule has 0 aromatic carbocycles. The van der Waals surface area contributed by atoms with Gasteiger partial charge in [-0.15, -0.1) is 0 Å². The first kappa shape index (κ1) is 16.2. The molecule has 1 aromatic heterocycles. The van der Waals surface area contributed by atoms with E-state index >= 15 is 0 Å². The Morgan fingerprint density at radius 3 is 2.11 bits per heavy atom. The van der Waals surface area contributed by atoms with Crippen LogP contribution >= 0.6 is 0 Å². The summed E-state index contributed by atoms with van der Waals surface area (Å²) in [6.45, 7) is 2.26. The van der Waals surface area contributed by atoms with Crippen LogP contribution in [0.15, 0.2) is 18.3 Å². The molecule has 3 heteroatoms. The smallest absolute Gasteiger partial charge is 0.328 e. The summed E-state index contributed by atoms with van der Waals surface area (Å²) in [7, 11) is 1.09. The molecule has 0 spiro atoms. The Balaban J connectivity index is 1.95. The number of hydrogen-bond donors (Lipinski definition) is 1. The highest BCUT2D eigenvalue weighted by atomic mass is 16.2. The van der Waals surface area contributed by atoms with Crippen LogP contribution in [0.2, 0.25) is 0 Å². The fraction of sp³-hybridized carbons (Fsp3) is 0.688. The zero-order chi connectivity index (χ0) is 13.8. The molecule has 1 radical (unpaired) electrons.